The number of anilines is 1. The van der Waals surface area contributed by atoms with Gasteiger partial charge in [0, 0.05) is 19.3 Å². The summed E-state index contributed by atoms with van der Waals surface area (Å²) in [5.74, 6) is -0.237. The maximum absolute atomic E-state index is 12.1. The summed E-state index contributed by atoms with van der Waals surface area (Å²) in [5, 5.41) is 12.7. The van der Waals surface area contributed by atoms with Crippen LogP contribution in [0.2, 0.25) is 0 Å². The van der Waals surface area contributed by atoms with E-state index in [4.69, 9.17) is 5.73 Å². The van der Waals surface area contributed by atoms with Crippen molar-refractivity contribution in [3.05, 3.63) is 53.9 Å². The Morgan fingerprint density at radius 3 is 2.75 bits per heavy atom. The molecule has 1 amide bonds. The van der Waals surface area contributed by atoms with Crippen LogP contribution in [0.1, 0.15) is 29.1 Å². The van der Waals surface area contributed by atoms with Gasteiger partial charge in [-0.15, -0.1) is 0 Å². The molecular weight excluding hydrogens is 254 g/mol. The number of nitrogens with two attached hydrogens (primary N) is 1. The summed E-state index contributed by atoms with van der Waals surface area (Å²) in [6.45, 7) is 2.77. The van der Waals surface area contributed by atoms with Gasteiger partial charge in [-0.2, -0.15) is 0 Å². The highest BCUT2D eigenvalue weighted by molar-refractivity contribution is 5.93. The lowest BCUT2D eigenvalue weighted by Gasteiger charge is -2.12. The molecule has 1 atom stereocenters. The number of rotatable bonds is 5. The number of amides is 1. The fraction of sp³-hybridized carbons (Fsp3) is 0.267. The van der Waals surface area contributed by atoms with Crippen LogP contribution in [-0.2, 0) is 6.54 Å². The molecule has 0 aliphatic heterocycles. The van der Waals surface area contributed by atoms with Gasteiger partial charge in [0.05, 0.1) is 11.8 Å². The summed E-state index contributed by atoms with van der Waals surface area (Å²) in [4.78, 5) is 12.1. The van der Waals surface area contributed by atoms with E-state index in [1.165, 1.54) is 0 Å². The van der Waals surface area contributed by atoms with Gasteiger partial charge in [0.15, 0.2) is 0 Å². The number of aliphatic hydroxyl groups is 1. The van der Waals surface area contributed by atoms with Crippen molar-refractivity contribution in [2.45, 2.75) is 19.6 Å². The number of aryl methyl sites for hydroxylation is 1. The van der Waals surface area contributed by atoms with Crippen LogP contribution in [0.4, 0.5) is 5.69 Å². The molecule has 0 spiro atoms. The second kappa shape index (κ2) is 6.25. The standard InChI is InChI=1S/C15H19N3O2/c1-2-18-10-12(16)8-13(18)15(20)17-9-14(19)11-6-4-3-5-7-11/h3-8,10,14,19H,2,9,16H2,1H3,(H,17,20). The van der Waals surface area contributed by atoms with E-state index in [9.17, 15) is 9.90 Å². The number of carbonyl (C=O) groups excluding carboxylic acids is 1. The Kier molecular flexibility index (Phi) is 4.42. The molecule has 2 rings (SSSR count). The SMILES string of the molecule is CCn1cc(N)cc1C(=O)NCC(O)c1ccccc1. The maximum Gasteiger partial charge on any atom is 0.268 e. The normalized spacial score (nSPS) is 12.1. The van der Waals surface area contributed by atoms with Gasteiger partial charge in [-0.1, -0.05) is 30.3 Å². The van der Waals surface area contributed by atoms with Crippen LogP contribution in [0.3, 0.4) is 0 Å². The first-order valence-electron chi connectivity index (χ1n) is 6.58. The van der Waals surface area contributed by atoms with Gasteiger partial charge >= 0.3 is 0 Å². The molecule has 0 saturated carbocycles. The first-order chi connectivity index (χ1) is 9.61. The topological polar surface area (TPSA) is 80.3 Å². The lowest BCUT2D eigenvalue weighted by Crippen LogP contribution is -2.29. The third kappa shape index (κ3) is 3.19. The van der Waals surface area contributed by atoms with E-state index in [0.29, 0.717) is 17.9 Å². The number of hydrogen-bond donors (Lipinski definition) is 3. The van der Waals surface area contributed by atoms with Crippen LogP contribution >= 0.6 is 0 Å². The van der Waals surface area contributed by atoms with Crippen LogP contribution in [-0.4, -0.2) is 22.1 Å². The maximum atomic E-state index is 12.1. The van der Waals surface area contributed by atoms with E-state index in [1.807, 2.05) is 37.3 Å². The highest BCUT2D eigenvalue weighted by Gasteiger charge is 2.14. The Balaban J connectivity index is 1.98. The van der Waals surface area contributed by atoms with Crippen LogP contribution in [0.15, 0.2) is 42.6 Å². The van der Waals surface area contributed by atoms with E-state index in [-0.39, 0.29) is 12.5 Å². The zero-order chi connectivity index (χ0) is 14.5. The van der Waals surface area contributed by atoms with Gasteiger partial charge in [-0.25, -0.2) is 0 Å². The van der Waals surface area contributed by atoms with Crippen molar-refractivity contribution in [3.63, 3.8) is 0 Å². The zero-order valence-corrected chi connectivity index (χ0v) is 11.4. The number of aromatic nitrogens is 1. The lowest BCUT2D eigenvalue weighted by molar-refractivity contribution is 0.0907. The van der Waals surface area contributed by atoms with Crippen molar-refractivity contribution in [2.75, 3.05) is 12.3 Å². The number of nitrogens with one attached hydrogen (secondary N) is 1. The van der Waals surface area contributed by atoms with Crippen LogP contribution < -0.4 is 11.1 Å². The molecule has 2 aromatic rings. The molecule has 0 fully saturated rings. The molecule has 20 heavy (non-hydrogen) atoms. The van der Waals surface area contributed by atoms with Crippen molar-refractivity contribution < 1.29 is 9.90 Å². The fourth-order valence-corrected chi connectivity index (χ4v) is 2.06. The number of nitrogens with zero attached hydrogens (tertiary/aromatic N) is 1. The molecule has 5 heteroatoms. The van der Waals surface area contributed by atoms with E-state index >= 15 is 0 Å². The van der Waals surface area contributed by atoms with E-state index in [0.717, 1.165) is 5.56 Å². The first kappa shape index (κ1) is 14.1. The summed E-state index contributed by atoms with van der Waals surface area (Å²) in [6.07, 6.45) is 1.00. The third-order valence-corrected chi connectivity index (χ3v) is 3.13. The molecule has 0 aliphatic rings. The second-order valence-electron chi connectivity index (χ2n) is 4.58. The Hall–Kier alpha value is -2.27. The molecular formula is C15H19N3O2. The molecule has 0 bridgehead atoms. The van der Waals surface area contributed by atoms with Gasteiger partial charge in [0.2, 0.25) is 0 Å². The Bertz CT molecular complexity index is 578. The van der Waals surface area contributed by atoms with Crippen LogP contribution in [0, 0.1) is 0 Å². The first-order valence-corrected chi connectivity index (χ1v) is 6.58. The largest absolute Gasteiger partial charge is 0.397 e. The minimum atomic E-state index is -0.720. The Morgan fingerprint density at radius 1 is 1.40 bits per heavy atom. The molecule has 1 aromatic carbocycles. The van der Waals surface area contributed by atoms with E-state index in [1.54, 1.807) is 16.8 Å². The molecule has 1 unspecified atom stereocenters. The molecule has 0 aliphatic carbocycles. The van der Waals surface area contributed by atoms with Gasteiger partial charge in [-0.05, 0) is 18.6 Å². The van der Waals surface area contributed by atoms with Crippen molar-refractivity contribution in [3.8, 4) is 0 Å². The average molecular weight is 273 g/mol. The Morgan fingerprint density at radius 2 is 2.10 bits per heavy atom. The minimum Gasteiger partial charge on any atom is -0.397 e. The van der Waals surface area contributed by atoms with Crippen molar-refractivity contribution in [1.82, 2.24) is 9.88 Å². The van der Waals surface area contributed by atoms with E-state index < -0.39 is 6.10 Å². The number of aliphatic hydroxyl groups excluding tert-OH is 1. The van der Waals surface area contributed by atoms with E-state index in [2.05, 4.69) is 5.32 Å². The predicted molar refractivity (Wildman–Crippen MR) is 78.3 cm³/mol. The molecule has 1 heterocycles. The van der Waals surface area contributed by atoms with Crippen molar-refractivity contribution in [1.29, 1.82) is 0 Å². The molecule has 1 aromatic heterocycles. The number of hydrogen-bond acceptors (Lipinski definition) is 3. The molecule has 4 N–H and O–H groups in total. The minimum absolute atomic E-state index is 0.164. The highest BCUT2D eigenvalue weighted by atomic mass is 16.3. The monoisotopic (exact) mass is 273 g/mol. The predicted octanol–water partition coefficient (Wildman–Crippen LogP) is 1.55. The Labute approximate surface area is 118 Å². The summed E-state index contributed by atoms with van der Waals surface area (Å²) >= 11 is 0. The molecule has 0 radical (unpaired) electrons. The van der Waals surface area contributed by atoms with Crippen molar-refractivity contribution >= 4 is 11.6 Å². The second-order valence-corrected chi connectivity index (χ2v) is 4.58. The van der Waals surface area contributed by atoms with Gasteiger partial charge < -0.3 is 20.7 Å². The lowest BCUT2D eigenvalue weighted by atomic mass is 10.1. The quantitative estimate of drug-likeness (QED) is 0.773. The fourth-order valence-electron chi connectivity index (χ4n) is 2.06. The van der Waals surface area contributed by atoms with Gasteiger partial charge in [0.25, 0.3) is 5.91 Å². The highest BCUT2D eigenvalue weighted by Crippen LogP contribution is 2.13. The number of carbonyl (C=O) groups is 1. The number of benzene rings is 1. The summed E-state index contributed by atoms with van der Waals surface area (Å²) < 4.78 is 1.78. The van der Waals surface area contributed by atoms with Gasteiger partial charge in [0.1, 0.15) is 5.69 Å². The number of nitrogen functional groups attached to an aromatic ring is 1. The van der Waals surface area contributed by atoms with Crippen LogP contribution in [0.5, 0.6) is 0 Å². The van der Waals surface area contributed by atoms with Crippen molar-refractivity contribution in [2.24, 2.45) is 0 Å². The molecule has 106 valence electrons. The summed E-state index contributed by atoms with van der Waals surface area (Å²) in [5.41, 5.74) is 7.53. The zero-order valence-electron chi connectivity index (χ0n) is 11.4. The summed E-state index contributed by atoms with van der Waals surface area (Å²) in [7, 11) is 0. The van der Waals surface area contributed by atoms with Gasteiger partial charge in [-0.3, -0.25) is 4.79 Å². The summed E-state index contributed by atoms with van der Waals surface area (Å²) in [6, 6.07) is 10.9. The average Bonchev–Trinajstić information content (AvgIpc) is 2.86. The molecule has 5 nitrogen and oxygen atoms in total. The smallest absolute Gasteiger partial charge is 0.268 e. The van der Waals surface area contributed by atoms with Crippen LogP contribution in [0.25, 0.3) is 0 Å². The molecule has 0 saturated heterocycles. The third-order valence-electron chi connectivity index (χ3n) is 3.13.